The fourth-order valence-electron chi connectivity index (χ4n) is 1.65. The lowest BCUT2D eigenvalue weighted by Crippen LogP contribution is -2.27. The zero-order valence-electron chi connectivity index (χ0n) is 13.8. The monoisotopic (exact) mass is 322 g/mol. The molecule has 0 radical (unpaired) electrons. The van der Waals surface area contributed by atoms with Crippen molar-refractivity contribution >= 4 is 17.8 Å². The third kappa shape index (κ3) is 7.39. The molecule has 0 spiro atoms. The normalized spacial score (nSPS) is 10.8. The number of nitrogens with one attached hydrogen (secondary N) is 1. The van der Waals surface area contributed by atoms with E-state index >= 15 is 0 Å². The Bertz CT molecular complexity index is 561. The second-order valence-electron chi connectivity index (χ2n) is 5.91. The van der Waals surface area contributed by atoms with Crippen LogP contribution in [0.2, 0.25) is 0 Å². The van der Waals surface area contributed by atoms with Crippen LogP contribution in [0.5, 0.6) is 0 Å². The molecule has 23 heavy (non-hydrogen) atoms. The van der Waals surface area contributed by atoms with Crippen molar-refractivity contribution in [1.82, 2.24) is 10.3 Å². The molecule has 0 bridgehead atoms. The molecule has 7 heteroatoms. The van der Waals surface area contributed by atoms with Crippen molar-refractivity contribution in [3.63, 3.8) is 0 Å². The maximum absolute atomic E-state index is 11.7. The van der Waals surface area contributed by atoms with E-state index < -0.39 is 17.5 Å². The van der Waals surface area contributed by atoms with Gasteiger partial charge in [0, 0.05) is 19.2 Å². The smallest absolute Gasteiger partial charge is 0.356 e. The summed E-state index contributed by atoms with van der Waals surface area (Å²) < 4.78 is 9.67. The highest BCUT2D eigenvalue weighted by Crippen LogP contribution is 2.09. The van der Waals surface area contributed by atoms with E-state index in [1.807, 2.05) is 0 Å². The predicted octanol–water partition coefficient (Wildman–Crippen LogP) is 1.61. The van der Waals surface area contributed by atoms with Crippen LogP contribution in [0.1, 0.15) is 49.7 Å². The summed E-state index contributed by atoms with van der Waals surface area (Å²) in [5, 5.41) is 2.68. The van der Waals surface area contributed by atoms with Crippen molar-refractivity contribution in [3.05, 3.63) is 29.6 Å². The summed E-state index contributed by atoms with van der Waals surface area (Å²) in [4.78, 5) is 38.4. The molecule has 0 atom stereocenters. The summed E-state index contributed by atoms with van der Waals surface area (Å²) in [6, 6.07) is 3.20. The topological polar surface area (TPSA) is 94.6 Å². The number of nitrogens with zero attached hydrogens (tertiary/aromatic N) is 1. The number of ether oxygens (including phenoxy) is 2. The third-order valence-electron chi connectivity index (χ3n) is 2.69. The first-order valence-electron chi connectivity index (χ1n) is 7.23. The van der Waals surface area contributed by atoms with Crippen LogP contribution >= 0.6 is 0 Å². The van der Waals surface area contributed by atoms with E-state index in [4.69, 9.17) is 4.74 Å². The molecule has 0 aliphatic carbocycles. The molecule has 1 N–H and O–H groups in total. The van der Waals surface area contributed by atoms with Gasteiger partial charge in [-0.25, -0.2) is 9.78 Å². The highest BCUT2D eigenvalue weighted by atomic mass is 16.6. The van der Waals surface area contributed by atoms with E-state index in [2.05, 4.69) is 15.0 Å². The van der Waals surface area contributed by atoms with Gasteiger partial charge in [-0.2, -0.15) is 0 Å². The Morgan fingerprint density at radius 1 is 1.17 bits per heavy atom. The third-order valence-corrected chi connectivity index (χ3v) is 2.69. The maximum atomic E-state index is 11.7. The van der Waals surface area contributed by atoms with Crippen LogP contribution in [0.15, 0.2) is 18.3 Å². The van der Waals surface area contributed by atoms with Gasteiger partial charge in [-0.1, -0.05) is 6.07 Å². The molecule has 1 amide bonds. The molecule has 1 rings (SSSR count). The van der Waals surface area contributed by atoms with Gasteiger partial charge in [0.1, 0.15) is 11.3 Å². The van der Waals surface area contributed by atoms with Crippen molar-refractivity contribution in [2.24, 2.45) is 0 Å². The number of pyridine rings is 1. The molecule has 0 aliphatic heterocycles. The molecule has 1 aromatic rings. The molecule has 0 aliphatic rings. The van der Waals surface area contributed by atoms with E-state index in [0.717, 1.165) is 5.56 Å². The van der Waals surface area contributed by atoms with Crippen molar-refractivity contribution in [2.45, 2.75) is 45.8 Å². The molecule has 126 valence electrons. The number of rotatable bonds is 6. The lowest BCUT2D eigenvalue weighted by Gasteiger charge is -2.19. The minimum atomic E-state index is -0.555. The van der Waals surface area contributed by atoms with E-state index in [0.29, 0.717) is 0 Å². The van der Waals surface area contributed by atoms with Crippen molar-refractivity contribution in [3.8, 4) is 0 Å². The Kier molecular flexibility index (Phi) is 6.68. The summed E-state index contributed by atoms with van der Waals surface area (Å²) in [5.74, 6) is -1.18. The van der Waals surface area contributed by atoms with Gasteiger partial charge in [0.2, 0.25) is 5.91 Å². The largest absolute Gasteiger partial charge is 0.464 e. The first kappa shape index (κ1) is 18.6. The predicted molar refractivity (Wildman–Crippen MR) is 82.5 cm³/mol. The first-order valence-corrected chi connectivity index (χ1v) is 7.23. The summed E-state index contributed by atoms with van der Waals surface area (Å²) in [7, 11) is 1.28. The summed E-state index contributed by atoms with van der Waals surface area (Å²) in [6.45, 7) is 5.59. The van der Waals surface area contributed by atoms with Gasteiger partial charge in [0.25, 0.3) is 0 Å². The maximum Gasteiger partial charge on any atom is 0.356 e. The van der Waals surface area contributed by atoms with Crippen LogP contribution in [0.4, 0.5) is 0 Å². The average Bonchev–Trinajstić information content (AvgIpc) is 2.49. The summed E-state index contributed by atoms with van der Waals surface area (Å²) in [6.07, 6.45) is 1.58. The molecular weight excluding hydrogens is 300 g/mol. The fraction of sp³-hybridized carbons (Fsp3) is 0.500. The zero-order valence-corrected chi connectivity index (χ0v) is 13.8. The van der Waals surface area contributed by atoms with E-state index in [-0.39, 0.29) is 31.0 Å². The number of amides is 1. The van der Waals surface area contributed by atoms with Gasteiger partial charge in [-0.15, -0.1) is 0 Å². The first-order chi connectivity index (χ1) is 10.7. The number of esters is 2. The summed E-state index contributed by atoms with van der Waals surface area (Å²) >= 11 is 0. The molecule has 1 aromatic heterocycles. The molecule has 0 unspecified atom stereocenters. The average molecular weight is 322 g/mol. The van der Waals surface area contributed by atoms with E-state index in [1.54, 1.807) is 26.8 Å². The Balaban J connectivity index is 2.36. The quantitative estimate of drug-likeness (QED) is 0.800. The van der Waals surface area contributed by atoms with E-state index in [1.165, 1.54) is 19.4 Å². The number of aromatic nitrogens is 1. The SMILES string of the molecule is COC(=O)c1ccc(CNC(=O)CCC(=O)OC(C)(C)C)cn1. The zero-order chi connectivity index (χ0) is 17.5. The van der Waals surface area contributed by atoms with E-state index in [9.17, 15) is 14.4 Å². The number of carbonyl (C=O) groups excluding carboxylic acids is 3. The Morgan fingerprint density at radius 3 is 2.39 bits per heavy atom. The minimum absolute atomic E-state index is 0.0304. The van der Waals surface area contributed by atoms with Crippen LogP contribution in [0.25, 0.3) is 0 Å². The van der Waals surface area contributed by atoms with Crippen molar-refractivity contribution < 1.29 is 23.9 Å². The molecule has 7 nitrogen and oxygen atoms in total. The molecule has 0 saturated heterocycles. The van der Waals surface area contributed by atoms with Crippen LogP contribution in [-0.2, 0) is 25.6 Å². The van der Waals surface area contributed by atoms with Gasteiger partial charge >= 0.3 is 11.9 Å². The van der Waals surface area contributed by atoms with Crippen LogP contribution in [0, 0.1) is 0 Å². The summed E-state index contributed by atoms with van der Waals surface area (Å²) in [5.41, 5.74) is 0.386. The lowest BCUT2D eigenvalue weighted by molar-refractivity contribution is -0.155. The lowest BCUT2D eigenvalue weighted by atomic mass is 10.2. The Morgan fingerprint density at radius 2 is 1.87 bits per heavy atom. The van der Waals surface area contributed by atoms with Gasteiger partial charge in [-0.3, -0.25) is 9.59 Å². The minimum Gasteiger partial charge on any atom is -0.464 e. The Labute approximate surface area is 135 Å². The van der Waals surface area contributed by atoms with Crippen molar-refractivity contribution in [1.29, 1.82) is 0 Å². The van der Waals surface area contributed by atoms with Gasteiger partial charge in [-0.05, 0) is 32.4 Å². The molecule has 0 saturated carbocycles. The van der Waals surface area contributed by atoms with Crippen LogP contribution < -0.4 is 5.32 Å². The highest BCUT2D eigenvalue weighted by molar-refractivity contribution is 5.87. The van der Waals surface area contributed by atoms with Gasteiger partial charge in [0.15, 0.2) is 0 Å². The molecule has 1 heterocycles. The molecule has 0 fully saturated rings. The second-order valence-corrected chi connectivity index (χ2v) is 5.91. The van der Waals surface area contributed by atoms with Gasteiger partial charge < -0.3 is 14.8 Å². The van der Waals surface area contributed by atoms with Gasteiger partial charge in [0.05, 0.1) is 13.5 Å². The fourth-order valence-corrected chi connectivity index (χ4v) is 1.65. The number of carbonyl (C=O) groups is 3. The van der Waals surface area contributed by atoms with Crippen LogP contribution in [0.3, 0.4) is 0 Å². The number of hydrogen-bond acceptors (Lipinski definition) is 6. The highest BCUT2D eigenvalue weighted by Gasteiger charge is 2.17. The number of methoxy groups -OCH3 is 1. The second kappa shape index (κ2) is 8.26. The Hall–Kier alpha value is -2.44. The number of hydrogen-bond donors (Lipinski definition) is 1. The standard InChI is InChI=1S/C16H22N2O5/c1-16(2,3)23-14(20)8-7-13(19)18-10-11-5-6-12(17-9-11)15(21)22-4/h5-6,9H,7-8,10H2,1-4H3,(H,18,19). The molecule has 0 aromatic carbocycles. The van der Waals surface area contributed by atoms with Crippen LogP contribution in [-0.4, -0.2) is 35.5 Å². The van der Waals surface area contributed by atoms with Crippen molar-refractivity contribution in [2.75, 3.05) is 7.11 Å². The molecular formula is C16H22N2O5.